The van der Waals surface area contributed by atoms with E-state index in [1.165, 1.54) is 0 Å². The predicted octanol–water partition coefficient (Wildman–Crippen LogP) is 2.58. The van der Waals surface area contributed by atoms with Gasteiger partial charge in [-0.3, -0.25) is 4.90 Å². The van der Waals surface area contributed by atoms with Gasteiger partial charge in [0.05, 0.1) is 24.8 Å². The van der Waals surface area contributed by atoms with E-state index in [0.717, 1.165) is 16.7 Å². The highest BCUT2D eigenvalue weighted by Gasteiger charge is 2.32. The lowest BCUT2D eigenvalue weighted by Gasteiger charge is -2.27. The van der Waals surface area contributed by atoms with Crippen molar-refractivity contribution in [2.45, 2.75) is 33.0 Å². The number of hydrogen-bond donors (Lipinski definition) is 0. The van der Waals surface area contributed by atoms with Crippen LogP contribution >= 0.6 is 12.2 Å². The summed E-state index contributed by atoms with van der Waals surface area (Å²) in [6.45, 7) is 5.52. The van der Waals surface area contributed by atoms with Crippen LogP contribution < -0.4 is 0 Å². The number of methoxy groups -OCH3 is 1. The molecule has 7 nitrogen and oxygen atoms in total. The number of nitrogens with zero attached hydrogens (tertiary/aromatic N) is 3. The average molecular weight is 412 g/mol. The normalized spacial score (nSPS) is 19.0. The minimum atomic E-state index is -2.98. The molecule has 0 amide bonds. The Morgan fingerprint density at radius 2 is 2.04 bits per heavy atom. The summed E-state index contributed by atoms with van der Waals surface area (Å²) < 4.78 is 36.3. The molecule has 3 rings (SSSR count). The first-order valence-corrected chi connectivity index (χ1v) is 11.1. The van der Waals surface area contributed by atoms with Crippen LogP contribution in [0.3, 0.4) is 0 Å². The Morgan fingerprint density at radius 1 is 1.33 bits per heavy atom. The number of benzene rings is 1. The zero-order valence-electron chi connectivity index (χ0n) is 15.8. The molecule has 27 heavy (non-hydrogen) atoms. The third-order valence-corrected chi connectivity index (χ3v) is 6.74. The summed E-state index contributed by atoms with van der Waals surface area (Å²) in [5.74, 6) is 0.850. The molecule has 0 N–H and O–H groups in total. The van der Waals surface area contributed by atoms with Crippen molar-refractivity contribution in [3.8, 4) is 11.5 Å². The molecule has 2 aromatic rings. The van der Waals surface area contributed by atoms with E-state index in [2.05, 4.69) is 16.1 Å². The molecule has 148 valence electrons. The average Bonchev–Trinajstić information content (AvgIpc) is 3.13. The lowest BCUT2D eigenvalue weighted by molar-refractivity contribution is 0.0973. The molecule has 0 aliphatic carbocycles. The molecule has 1 atom stereocenters. The summed E-state index contributed by atoms with van der Waals surface area (Å²) in [6, 6.07) is 6.03. The monoisotopic (exact) mass is 411 g/mol. The zero-order chi connectivity index (χ0) is 19.6. The first-order valence-electron chi connectivity index (χ1n) is 8.87. The molecule has 1 aromatic carbocycles. The molecule has 2 heterocycles. The van der Waals surface area contributed by atoms with Gasteiger partial charge in [0.25, 0.3) is 4.84 Å². The number of hydrogen-bond acceptors (Lipinski definition) is 7. The number of sulfone groups is 1. The molecule has 0 saturated carbocycles. The number of ether oxygens (including phenoxy) is 1. The molecule has 9 heteroatoms. The van der Waals surface area contributed by atoms with E-state index in [4.69, 9.17) is 21.4 Å². The molecule has 1 aromatic heterocycles. The van der Waals surface area contributed by atoms with Gasteiger partial charge in [0.1, 0.15) is 0 Å². The maximum absolute atomic E-state index is 11.9. The summed E-state index contributed by atoms with van der Waals surface area (Å²) in [4.78, 5) is 2.32. The first-order chi connectivity index (χ1) is 12.8. The Bertz CT molecular complexity index is 945. The van der Waals surface area contributed by atoms with Gasteiger partial charge in [-0.1, -0.05) is 17.2 Å². The maximum Gasteiger partial charge on any atom is 0.288 e. The van der Waals surface area contributed by atoms with Gasteiger partial charge in [-0.2, -0.15) is 0 Å². The van der Waals surface area contributed by atoms with Crippen LogP contribution in [0.2, 0.25) is 0 Å². The Hall–Kier alpha value is -1.55. The molecular formula is C18H25N3O4S2. The second-order valence-corrected chi connectivity index (χ2v) is 9.63. The fourth-order valence-corrected chi connectivity index (χ4v) is 5.36. The topological polar surface area (TPSA) is 77.6 Å². The van der Waals surface area contributed by atoms with Crippen molar-refractivity contribution in [1.82, 2.24) is 14.7 Å². The zero-order valence-corrected chi connectivity index (χ0v) is 17.5. The molecule has 1 aliphatic rings. The second kappa shape index (κ2) is 8.22. The largest absolute Gasteiger partial charge is 0.409 e. The fraction of sp³-hybridized carbons (Fsp3) is 0.556. The Labute approximate surface area is 164 Å². The van der Waals surface area contributed by atoms with Gasteiger partial charge in [0.15, 0.2) is 9.84 Å². The standard InChI is InChI=1S/C18H25N3O4S2/c1-13-8-14(2)10-15(9-13)17-19-21(18(26)25-17)12-20(5-6-24-3)16-4-7-27(22,23)11-16/h8-10,16H,4-7,11-12H2,1-3H3/t16-/m0/s1. The third kappa shape index (κ3) is 5.04. The summed E-state index contributed by atoms with van der Waals surface area (Å²) >= 11 is 5.35. The Morgan fingerprint density at radius 3 is 2.63 bits per heavy atom. The van der Waals surface area contributed by atoms with Gasteiger partial charge >= 0.3 is 0 Å². The van der Waals surface area contributed by atoms with Crippen molar-refractivity contribution in [1.29, 1.82) is 0 Å². The van der Waals surface area contributed by atoms with Crippen LogP contribution in [0.5, 0.6) is 0 Å². The van der Waals surface area contributed by atoms with Gasteiger partial charge < -0.3 is 9.15 Å². The van der Waals surface area contributed by atoms with Crippen molar-refractivity contribution in [3.63, 3.8) is 0 Å². The van der Waals surface area contributed by atoms with Crippen LogP contribution in [0, 0.1) is 18.7 Å². The molecule has 1 fully saturated rings. The van der Waals surface area contributed by atoms with Gasteiger partial charge in [-0.25, -0.2) is 13.1 Å². The van der Waals surface area contributed by atoms with Crippen LogP contribution in [0.15, 0.2) is 22.6 Å². The van der Waals surface area contributed by atoms with Crippen molar-refractivity contribution in [2.24, 2.45) is 0 Å². The van der Waals surface area contributed by atoms with Crippen LogP contribution in [-0.4, -0.2) is 60.9 Å². The second-order valence-electron chi connectivity index (χ2n) is 7.05. The van der Waals surface area contributed by atoms with Crippen LogP contribution in [0.4, 0.5) is 0 Å². The van der Waals surface area contributed by atoms with E-state index >= 15 is 0 Å². The van der Waals surface area contributed by atoms with Crippen molar-refractivity contribution in [2.75, 3.05) is 31.8 Å². The van der Waals surface area contributed by atoms with E-state index in [9.17, 15) is 8.42 Å². The molecule has 0 spiro atoms. The van der Waals surface area contributed by atoms with Crippen LogP contribution in [-0.2, 0) is 21.2 Å². The minimum absolute atomic E-state index is 0.0617. The summed E-state index contributed by atoms with van der Waals surface area (Å²) in [6.07, 6.45) is 0.612. The molecule has 0 unspecified atom stereocenters. The van der Waals surface area contributed by atoms with E-state index < -0.39 is 9.84 Å². The number of aromatic nitrogens is 2. The molecule has 0 radical (unpaired) electrons. The van der Waals surface area contributed by atoms with Gasteiger partial charge in [-0.05, 0) is 44.6 Å². The highest BCUT2D eigenvalue weighted by Crippen LogP contribution is 2.22. The quantitative estimate of drug-likeness (QED) is 0.648. The minimum Gasteiger partial charge on any atom is -0.409 e. The molecule has 1 aliphatic heterocycles. The molecular weight excluding hydrogens is 386 g/mol. The van der Waals surface area contributed by atoms with Crippen LogP contribution in [0.25, 0.3) is 11.5 Å². The Kier molecular flexibility index (Phi) is 6.15. The summed E-state index contributed by atoms with van der Waals surface area (Å²) in [5, 5.41) is 4.53. The third-order valence-electron chi connectivity index (χ3n) is 4.70. The van der Waals surface area contributed by atoms with Gasteiger partial charge in [0, 0.05) is 25.3 Å². The summed E-state index contributed by atoms with van der Waals surface area (Å²) in [7, 11) is -1.35. The lowest BCUT2D eigenvalue weighted by Crippen LogP contribution is -2.40. The van der Waals surface area contributed by atoms with Crippen molar-refractivity contribution < 1.29 is 17.6 Å². The summed E-state index contributed by atoms with van der Waals surface area (Å²) in [5.41, 5.74) is 3.13. The van der Waals surface area contributed by atoms with E-state index in [0.29, 0.717) is 32.1 Å². The van der Waals surface area contributed by atoms with Gasteiger partial charge in [0.2, 0.25) is 5.89 Å². The van der Waals surface area contributed by atoms with E-state index in [1.54, 1.807) is 11.8 Å². The van der Waals surface area contributed by atoms with E-state index in [1.807, 2.05) is 26.0 Å². The molecule has 1 saturated heterocycles. The fourth-order valence-electron chi connectivity index (χ4n) is 3.42. The highest BCUT2D eigenvalue weighted by atomic mass is 32.2. The lowest BCUT2D eigenvalue weighted by atomic mass is 10.1. The van der Waals surface area contributed by atoms with Crippen LogP contribution in [0.1, 0.15) is 17.5 Å². The Balaban J connectivity index is 1.84. The SMILES string of the molecule is COCCN(Cn1nc(-c2cc(C)cc(C)c2)oc1=S)[C@H]1CCS(=O)(=O)C1. The van der Waals surface area contributed by atoms with Crippen molar-refractivity contribution >= 4 is 22.1 Å². The predicted molar refractivity (Wildman–Crippen MR) is 106 cm³/mol. The first kappa shape index (κ1) is 20.2. The number of rotatable bonds is 7. The maximum atomic E-state index is 11.9. The number of aryl methyl sites for hydroxylation is 2. The smallest absolute Gasteiger partial charge is 0.288 e. The van der Waals surface area contributed by atoms with E-state index in [-0.39, 0.29) is 22.4 Å². The highest BCUT2D eigenvalue weighted by molar-refractivity contribution is 7.91. The molecule has 0 bridgehead atoms. The van der Waals surface area contributed by atoms with Crippen molar-refractivity contribution in [3.05, 3.63) is 34.2 Å². The van der Waals surface area contributed by atoms with Gasteiger partial charge in [-0.15, -0.1) is 5.10 Å².